The normalized spacial score (nSPS) is 10.8. The van der Waals surface area contributed by atoms with Crippen LogP contribution in [0.25, 0.3) is 0 Å². The van der Waals surface area contributed by atoms with E-state index in [-0.39, 0.29) is 5.97 Å². The van der Waals surface area contributed by atoms with E-state index in [1.165, 1.54) is 77.0 Å². The molecule has 0 N–H and O–H groups in total. The molecule has 126 valence electrons. The maximum absolute atomic E-state index is 11.5. The zero-order chi connectivity index (χ0) is 15.6. The Morgan fingerprint density at radius 1 is 0.619 bits per heavy atom. The molecule has 21 heavy (non-hydrogen) atoms. The van der Waals surface area contributed by atoms with Crippen LogP contribution in [0.15, 0.2) is 0 Å². The highest BCUT2D eigenvalue weighted by Gasteiger charge is 2.02. The molecule has 2 heteroatoms. The molecule has 0 aromatic heterocycles. The summed E-state index contributed by atoms with van der Waals surface area (Å²) in [7, 11) is 0. The fraction of sp³-hybridized carbons (Fsp3) is 0.947. The Kier molecular flexibility index (Phi) is 17.1. The van der Waals surface area contributed by atoms with E-state index < -0.39 is 0 Å². The van der Waals surface area contributed by atoms with Crippen molar-refractivity contribution in [3.05, 3.63) is 0 Å². The van der Waals surface area contributed by atoms with Gasteiger partial charge in [-0.15, -0.1) is 0 Å². The van der Waals surface area contributed by atoms with Gasteiger partial charge in [0.2, 0.25) is 0 Å². The van der Waals surface area contributed by atoms with Gasteiger partial charge in [0.05, 0.1) is 6.61 Å². The van der Waals surface area contributed by atoms with Gasteiger partial charge in [0.15, 0.2) is 0 Å². The molecule has 0 spiro atoms. The molecule has 0 unspecified atom stereocenters. The minimum Gasteiger partial charge on any atom is -0.466 e. The first-order chi connectivity index (χ1) is 10.3. The summed E-state index contributed by atoms with van der Waals surface area (Å²) in [5.74, 6) is 0.00561. The predicted molar refractivity (Wildman–Crippen MR) is 91.6 cm³/mol. The summed E-state index contributed by atoms with van der Waals surface area (Å²) in [6.07, 6.45) is 18.4. The van der Waals surface area contributed by atoms with Crippen molar-refractivity contribution in [2.75, 3.05) is 6.61 Å². The Morgan fingerprint density at radius 3 is 1.57 bits per heavy atom. The standard InChI is InChI=1S/C19H38O2/c1-3-5-7-9-10-11-12-13-14-15-17-19(20)21-18-16-8-6-4-2/h3-18H2,1-2H3. The van der Waals surface area contributed by atoms with Crippen molar-refractivity contribution in [3.63, 3.8) is 0 Å². The van der Waals surface area contributed by atoms with Crippen molar-refractivity contribution in [2.45, 2.75) is 110 Å². The van der Waals surface area contributed by atoms with Gasteiger partial charge in [-0.3, -0.25) is 4.79 Å². The molecule has 0 radical (unpaired) electrons. The molecule has 0 amide bonds. The molecule has 0 aliphatic rings. The largest absolute Gasteiger partial charge is 0.466 e. The summed E-state index contributed by atoms with van der Waals surface area (Å²) in [6.45, 7) is 5.07. The van der Waals surface area contributed by atoms with Crippen LogP contribution in [0.5, 0.6) is 0 Å². The lowest BCUT2D eigenvalue weighted by molar-refractivity contribution is -0.143. The predicted octanol–water partition coefficient (Wildman–Crippen LogP) is 6.42. The summed E-state index contributed by atoms with van der Waals surface area (Å²) >= 11 is 0. The SMILES string of the molecule is CCCCCCCCCCCCC(=O)OCCCCCC. The molecule has 0 bridgehead atoms. The third kappa shape index (κ3) is 17.4. The Balaban J connectivity index is 3.11. The van der Waals surface area contributed by atoms with E-state index in [9.17, 15) is 4.79 Å². The first-order valence-corrected chi connectivity index (χ1v) is 9.46. The van der Waals surface area contributed by atoms with Gasteiger partial charge in [-0.2, -0.15) is 0 Å². The van der Waals surface area contributed by atoms with Crippen molar-refractivity contribution >= 4 is 5.97 Å². The van der Waals surface area contributed by atoms with Gasteiger partial charge in [-0.1, -0.05) is 90.9 Å². The fourth-order valence-electron chi connectivity index (χ4n) is 2.54. The van der Waals surface area contributed by atoms with Gasteiger partial charge < -0.3 is 4.74 Å². The Hall–Kier alpha value is -0.530. The van der Waals surface area contributed by atoms with Crippen molar-refractivity contribution in [1.82, 2.24) is 0 Å². The summed E-state index contributed by atoms with van der Waals surface area (Å²) in [4.78, 5) is 11.5. The number of ether oxygens (including phenoxy) is 1. The second-order valence-corrected chi connectivity index (χ2v) is 6.21. The van der Waals surface area contributed by atoms with Crippen molar-refractivity contribution in [3.8, 4) is 0 Å². The van der Waals surface area contributed by atoms with Crippen molar-refractivity contribution < 1.29 is 9.53 Å². The molecule has 0 saturated heterocycles. The van der Waals surface area contributed by atoms with Gasteiger partial charge in [0.25, 0.3) is 0 Å². The molecule has 0 atom stereocenters. The van der Waals surface area contributed by atoms with Crippen molar-refractivity contribution in [1.29, 1.82) is 0 Å². The van der Waals surface area contributed by atoms with Crippen LogP contribution >= 0.6 is 0 Å². The maximum Gasteiger partial charge on any atom is 0.305 e. The highest BCUT2D eigenvalue weighted by Crippen LogP contribution is 2.11. The van der Waals surface area contributed by atoms with E-state index in [1.54, 1.807) is 0 Å². The molecule has 0 aliphatic carbocycles. The average molecular weight is 299 g/mol. The monoisotopic (exact) mass is 298 g/mol. The lowest BCUT2D eigenvalue weighted by atomic mass is 10.1. The topological polar surface area (TPSA) is 26.3 Å². The maximum atomic E-state index is 11.5. The summed E-state index contributed by atoms with van der Waals surface area (Å²) in [6, 6.07) is 0. The van der Waals surface area contributed by atoms with Gasteiger partial charge in [0.1, 0.15) is 0 Å². The number of rotatable bonds is 16. The minimum atomic E-state index is 0.00561. The highest BCUT2D eigenvalue weighted by atomic mass is 16.5. The van der Waals surface area contributed by atoms with Crippen LogP contribution in [0.4, 0.5) is 0 Å². The van der Waals surface area contributed by atoms with Crippen LogP contribution in [0.1, 0.15) is 110 Å². The fourth-order valence-corrected chi connectivity index (χ4v) is 2.54. The average Bonchev–Trinajstić information content (AvgIpc) is 2.49. The van der Waals surface area contributed by atoms with Crippen LogP contribution in [-0.4, -0.2) is 12.6 Å². The van der Waals surface area contributed by atoms with Crippen LogP contribution in [-0.2, 0) is 9.53 Å². The molecule has 0 aromatic carbocycles. The highest BCUT2D eigenvalue weighted by molar-refractivity contribution is 5.69. The van der Waals surface area contributed by atoms with E-state index in [0.29, 0.717) is 13.0 Å². The summed E-state index contributed by atoms with van der Waals surface area (Å²) < 4.78 is 5.23. The van der Waals surface area contributed by atoms with Crippen molar-refractivity contribution in [2.24, 2.45) is 0 Å². The Bertz CT molecular complexity index is 214. The van der Waals surface area contributed by atoms with Gasteiger partial charge in [-0.25, -0.2) is 0 Å². The van der Waals surface area contributed by atoms with E-state index in [2.05, 4.69) is 13.8 Å². The molecule has 0 aliphatic heterocycles. The van der Waals surface area contributed by atoms with Crippen LogP contribution in [0.3, 0.4) is 0 Å². The second kappa shape index (κ2) is 17.5. The quantitative estimate of drug-likeness (QED) is 0.243. The molecule has 2 nitrogen and oxygen atoms in total. The first kappa shape index (κ1) is 20.5. The molecule has 0 fully saturated rings. The second-order valence-electron chi connectivity index (χ2n) is 6.21. The van der Waals surface area contributed by atoms with Crippen LogP contribution in [0.2, 0.25) is 0 Å². The number of esters is 1. The molecule has 0 saturated carbocycles. The zero-order valence-electron chi connectivity index (χ0n) is 14.6. The number of carbonyl (C=O) groups is 1. The smallest absolute Gasteiger partial charge is 0.305 e. The summed E-state index contributed by atoms with van der Waals surface area (Å²) in [5, 5.41) is 0. The lowest BCUT2D eigenvalue weighted by Gasteiger charge is -2.05. The number of hydrogen-bond donors (Lipinski definition) is 0. The lowest BCUT2D eigenvalue weighted by Crippen LogP contribution is -2.05. The zero-order valence-corrected chi connectivity index (χ0v) is 14.6. The van der Waals surface area contributed by atoms with Gasteiger partial charge in [-0.05, 0) is 12.8 Å². The Labute approximate surface area is 133 Å². The number of carbonyl (C=O) groups excluding carboxylic acids is 1. The van der Waals surface area contributed by atoms with Gasteiger partial charge >= 0.3 is 5.97 Å². The van der Waals surface area contributed by atoms with E-state index >= 15 is 0 Å². The number of unbranched alkanes of at least 4 members (excludes halogenated alkanes) is 12. The van der Waals surface area contributed by atoms with E-state index in [1.807, 2.05) is 0 Å². The van der Waals surface area contributed by atoms with Gasteiger partial charge in [0, 0.05) is 6.42 Å². The third-order valence-corrected chi connectivity index (χ3v) is 4.00. The molecule has 0 rings (SSSR count). The first-order valence-electron chi connectivity index (χ1n) is 9.46. The minimum absolute atomic E-state index is 0.00561. The van der Waals surface area contributed by atoms with Crippen LogP contribution < -0.4 is 0 Å². The van der Waals surface area contributed by atoms with Crippen LogP contribution in [0, 0.1) is 0 Å². The molecular formula is C19H38O2. The number of hydrogen-bond acceptors (Lipinski definition) is 2. The Morgan fingerprint density at radius 2 is 1.05 bits per heavy atom. The molecular weight excluding hydrogens is 260 g/mol. The third-order valence-electron chi connectivity index (χ3n) is 4.00. The van der Waals surface area contributed by atoms with E-state index in [0.717, 1.165) is 12.8 Å². The molecule has 0 aromatic rings. The summed E-state index contributed by atoms with van der Waals surface area (Å²) in [5.41, 5.74) is 0. The van der Waals surface area contributed by atoms with E-state index in [4.69, 9.17) is 4.74 Å². The molecule has 0 heterocycles.